The molecular weight excluding hydrogens is 375 g/mol. The number of carbonyl (C=O) groups excluding carboxylic acids is 1. The van der Waals surface area contributed by atoms with Gasteiger partial charge < -0.3 is 4.90 Å². The van der Waals surface area contributed by atoms with Crippen LogP contribution in [-0.4, -0.2) is 40.9 Å². The Balaban J connectivity index is 1.49. The SMILES string of the molecule is O=C1N(CCc2ccccc2)CCCC12CCCN2Cc1ccc(Cl)cc1F. The maximum Gasteiger partial charge on any atom is 0.243 e. The number of nitrogens with zero attached hydrogens (tertiary/aromatic N) is 2. The Kier molecular flexibility index (Phi) is 5.70. The lowest BCUT2D eigenvalue weighted by Gasteiger charge is -2.45. The molecule has 28 heavy (non-hydrogen) atoms. The largest absolute Gasteiger partial charge is 0.341 e. The van der Waals surface area contributed by atoms with Gasteiger partial charge in [-0.2, -0.15) is 0 Å². The van der Waals surface area contributed by atoms with Crippen molar-refractivity contribution >= 4 is 17.5 Å². The Morgan fingerprint density at radius 2 is 1.79 bits per heavy atom. The third kappa shape index (κ3) is 3.81. The van der Waals surface area contributed by atoms with Gasteiger partial charge in [0.05, 0.1) is 0 Å². The van der Waals surface area contributed by atoms with Crippen molar-refractivity contribution < 1.29 is 9.18 Å². The Hall–Kier alpha value is -1.91. The molecule has 4 rings (SSSR count). The van der Waals surface area contributed by atoms with Crippen LogP contribution < -0.4 is 0 Å². The standard InChI is InChI=1S/C23H26ClFN2O/c24-20-9-8-19(21(25)16-20)17-27-14-5-12-23(27)11-4-13-26(22(23)28)15-10-18-6-2-1-3-7-18/h1-3,6-9,16H,4-5,10-15,17H2. The number of carbonyl (C=O) groups is 1. The van der Waals surface area contributed by atoms with Gasteiger partial charge >= 0.3 is 0 Å². The van der Waals surface area contributed by atoms with E-state index in [1.807, 2.05) is 23.1 Å². The fourth-order valence-corrected chi connectivity index (χ4v) is 4.89. The zero-order chi connectivity index (χ0) is 19.6. The van der Waals surface area contributed by atoms with E-state index in [0.717, 1.165) is 51.7 Å². The molecule has 1 unspecified atom stereocenters. The summed E-state index contributed by atoms with van der Waals surface area (Å²) in [6.07, 6.45) is 4.58. The minimum absolute atomic E-state index is 0.224. The normalized spacial score (nSPS) is 22.9. The van der Waals surface area contributed by atoms with E-state index in [1.54, 1.807) is 12.1 Å². The van der Waals surface area contributed by atoms with Gasteiger partial charge in [-0.3, -0.25) is 9.69 Å². The van der Waals surface area contributed by atoms with E-state index < -0.39 is 5.54 Å². The molecule has 1 atom stereocenters. The van der Waals surface area contributed by atoms with E-state index in [-0.39, 0.29) is 11.7 Å². The monoisotopic (exact) mass is 400 g/mol. The van der Waals surface area contributed by atoms with Crippen LogP contribution in [0.25, 0.3) is 0 Å². The fourth-order valence-electron chi connectivity index (χ4n) is 4.73. The highest BCUT2D eigenvalue weighted by Gasteiger charge is 2.50. The van der Waals surface area contributed by atoms with Gasteiger partial charge in [0.1, 0.15) is 11.4 Å². The molecule has 0 saturated carbocycles. The molecule has 2 aromatic rings. The number of halogens is 2. The van der Waals surface area contributed by atoms with Gasteiger partial charge in [-0.25, -0.2) is 4.39 Å². The second-order valence-corrected chi connectivity index (χ2v) is 8.36. The van der Waals surface area contributed by atoms with E-state index in [0.29, 0.717) is 17.1 Å². The lowest BCUT2D eigenvalue weighted by molar-refractivity contribution is -0.147. The van der Waals surface area contributed by atoms with Crippen LogP contribution in [0.15, 0.2) is 48.5 Å². The summed E-state index contributed by atoms with van der Waals surface area (Å²) in [6.45, 7) is 2.85. The first-order valence-corrected chi connectivity index (χ1v) is 10.5. The van der Waals surface area contributed by atoms with Gasteiger partial charge in [-0.05, 0) is 56.3 Å². The lowest BCUT2D eigenvalue weighted by Crippen LogP contribution is -2.59. The van der Waals surface area contributed by atoms with Gasteiger partial charge in [-0.1, -0.05) is 48.0 Å². The van der Waals surface area contributed by atoms with Crippen LogP contribution in [0.3, 0.4) is 0 Å². The molecule has 0 bridgehead atoms. The molecule has 2 aromatic carbocycles. The molecular formula is C23H26ClFN2O. The van der Waals surface area contributed by atoms with Crippen LogP contribution >= 0.6 is 11.6 Å². The van der Waals surface area contributed by atoms with Crippen molar-refractivity contribution in [3.63, 3.8) is 0 Å². The molecule has 0 aliphatic carbocycles. The zero-order valence-corrected chi connectivity index (χ0v) is 16.8. The highest BCUT2D eigenvalue weighted by molar-refractivity contribution is 6.30. The van der Waals surface area contributed by atoms with E-state index >= 15 is 0 Å². The number of piperidine rings is 1. The van der Waals surface area contributed by atoms with Gasteiger partial charge in [0.15, 0.2) is 0 Å². The van der Waals surface area contributed by atoms with Crippen LogP contribution in [0.2, 0.25) is 5.02 Å². The molecule has 3 nitrogen and oxygen atoms in total. The van der Waals surface area contributed by atoms with Crippen molar-refractivity contribution in [2.45, 2.75) is 44.2 Å². The van der Waals surface area contributed by atoms with E-state index in [1.165, 1.54) is 11.6 Å². The maximum absolute atomic E-state index is 14.3. The number of amides is 1. The van der Waals surface area contributed by atoms with E-state index in [2.05, 4.69) is 17.0 Å². The first kappa shape index (κ1) is 19.4. The number of likely N-dealkylation sites (tertiary alicyclic amines) is 2. The van der Waals surface area contributed by atoms with Crippen molar-refractivity contribution in [1.29, 1.82) is 0 Å². The molecule has 5 heteroatoms. The molecule has 2 fully saturated rings. The van der Waals surface area contributed by atoms with Gasteiger partial charge in [-0.15, -0.1) is 0 Å². The quantitative estimate of drug-likeness (QED) is 0.727. The number of benzene rings is 2. The summed E-state index contributed by atoms with van der Waals surface area (Å²) >= 11 is 5.89. The number of rotatable bonds is 5. The molecule has 2 heterocycles. The summed E-state index contributed by atoms with van der Waals surface area (Å²) in [4.78, 5) is 17.7. The second kappa shape index (κ2) is 8.22. The molecule has 2 saturated heterocycles. The Labute approximate surface area is 171 Å². The summed E-state index contributed by atoms with van der Waals surface area (Å²) in [6, 6.07) is 15.1. The molecule has 1 amide bonds. The maximum atomic E-state index is 14.3. The summed E-state index contributed by atoms with van der Waals surface area (Å²) < 4.78 is 14.3. The molecule has 148 valence electrons. The van der Waals surface area contributed by atoms with E-state index in [9.17, 15) is 9.18 Å². The fraction of sp³-hybridized carbons (Fsp3) is 0.435. The summed E-state index contributed by atoms with van der Waals surface area (Å²) in [5, 5.41) is 0.401. The third-order valence-electron chi connectivity index (χ3n) is 6.22. The number of hydrogen-bond acceptors (Lipinski definition) is 2. The predicted molar refractivity (Wildman–Crippen MR) is 110 cm³/mol. The molecule has 0 radical (unpaired) electrons. The second-order valence-electron chi connectivity index (χ2n) is 7.92. The minimum Gasteiger partial charge on any atom is -0.341 e. The lowest BCUT2D eigenvalue weighted by atomic mass is 9.85. The summed E-state index contributed by atoms with van der Waals surface area (Å²) in [7, 11) is 0. The van der Waals surface area contributed by atoms with Gasteiger partial charge in [0.25, 0.3) is 0 Å². The van der Waals surface area contributed by atoms with Crippen molar-refractivity contribution in [3.8, 4) is 0 Å². The predicted octanol–water partition coefficient (Wildman–Crippen LogP) is 4.68. The number of hydrogen-bond donors (Lipinski definition) is 0. The zero-order valence-electron chi connectivity index (χ0n) is 16.0. The Morgan fingerprint density at radius 1 is 1.04 bits per heavy atom. The summed E-state index contributed by atoms with van der Waals surface area (Å²) in [5.41, 5.74) is 1.39. The Bertz CT molecular complexity index is 844. The van der Waals surface area contributed by atoms with Crippen molar-refractivity contribution in [3.05, 3.63) is 70.5 Å². The van der Waals surface area contributed by atoms with Gasteiger partial charge in [0.2, 0.25) is 5.91 Å². The Morgan fingerprint density at radius 3 is 2.54 bits per heavy atom. The average molecular weight is 401 g/mol. The van der Waals surface area contributed by atoms with Crippen LogP contribution in [-0.2, 0) is 17.8 Å². The molecule has 0 aromatic heterocycles. The van der Waals surface area contributed by atoms with Crippen LogP contribution in [0.5, 0.6) is 0 Å². The van der Waals surface area contributed by atoms with Crippen molar-refractivity contribution in [2.24, 2.45) is 0 Å². The van der Waals surface area contributed by atoms with Crippen LogP contribution in [0.1, 0.15) is 36.8 Å². The average Bonchev–Trinajstić information content (AvgIpc) is 3.09. The molecule has 0 N–H and O–H groups in total. The highest BCUT2D eigenvalue weighted by Crippen LogP contribution is 2.39. The molecule has 2 aliphatic heterocycles. The molecule has 1 spiro atoms. The van der Waals surface area contributed by atoms with Crippen LogP contribution in [0.4, 0.5) is 4.39 Å². The smallest absolute Gasteiger partial charge is 0.243 e. The first-order chi connectivity index (χ1) is 13.6. The van der Waals surface area contributed by atoms with Crippen molar-refractivity contribution in [2.75, 3.05) is 19.6 Å². The summed E-state index contributed by atoms with van der Waals surface area (Å²) in [5.74, 6) is -0.0692. The third-order valence-corrected chi connectivity index (χ3v) is 6.45. The minimum atomic E-state index is -0.471. The highest BCUT2D eigenvalue weighted by atomic mass is 35.5. The van der Waals surface area contributed by atoms with Gasteiger partial charge in [0, 0.05) is 30.2 Å². The molecule has 2 aliphatic rings. The first-order valence-electron chi connectivity index (χ1n) is 10.1. The van der Waals surface area contributed by atoms with Crippen LogP contribution in [0, 0.1) is 5.82 Å². The van der Waals surface area contributed by atoms with Crippen molar-refractivity contribution in [1.82, 2.24) is 9.80 Å². The van der Waals surface area contributed by atoms with E-state index in [4.69, 9.17) is 11.6 Å². The topological polar surface area (TPSA) is 23.6 Å².